The molecular formula is C18H17NO2. The van der Waals surface area contributed by atoms with Gasteiger partial charge in [0.05, 0.1) is 13.2 Å². The molecule has 0 radical (unpaired) electrons. The summed E-state index contributed by atoms with van der Waals surface area (Å²) < 4.78 is 5.27. The predicted octanol–water partition coefficient (Wildman–Crippen LogP) is 3.12. The van der Waals surface area contributed by atoms with Crippen LogP contribution in [0.25, 0.3) is 5.57 Å². The van der Waals surface area contributed by atoms with Crippen molar-refractivity contribution in [2.24, 2.45) is 0 Å². The van der Waals surface area contributed by atoms with E-state index >= 15 is 0 Å². The van der Waals surface area contributed by atoms with E-state index in [0.717, 1.165) is 29.6 Å². The third kappa shape index (κ3) is 2.68. The van der Waals surface area contributed by atoms with Crippen molar-refractivity contribution in [3.05, 3.63) is 71.4 Å². The average Bonchev–Trinajstić information content (AvgIpc) is 2.55. The van der Waals surface area contributed by atoms with E-state index in [1.807, 2.05) is 36.4 Å². The van der Waals surface area contributed by atoms with Gasteiger partial charge >= 0.3 is 0 Å². The summed E-state index contributed by atoms with van der Waals surface area (Å²) >= 11 is 0. The number of benzene rings is 2. The predicted molar refractivity (Wildman–Crippen MR) is 83.1 cm³/mol. The smallest absolute Gasteiger partial charge is 0.152 e. The fourth-order valence-corrected chi connectivity index (χ4v) is 2.72. The van der Waals surface area contributed by atoms with Gasteiger partial charge in [0.15, 0.2) is 6.29 Å². The first-order chi connectivity index (χ1) is 10.3. The van der Waals surface area contributed by atoms with Gasteiger partial charge in [-0.15, -0.1) is 0 Å². The Balaban J connectivity index is 1.90. The van der Waals surface area contributed by atoms with E-state index in [2.05, 4.69) is 17.4 Å². The zero-order valence-electron chi connectivity index (χ0n) is 11.9. The lowest BCUT2D eigenvalue weighted by atomic mass is 9.89. The van der Waals surface area contributed by atoms with Crippen molar-refractivity contribution < 1.29 is 9.53 Å². The molecular weight excluding hydrogens is 262 g/mol. The second kappa shape index (κ2) is 5.83. The normalized spacial score (nSPS) is 16.4. The van der Waals surface area contributed by atoms with Crippen molar-refractivity contribution in [3.8, 4) is 5.75 Å². The summed E-state index contributed by atoms with van der Waals surface area (Å²) in [6.45, 7) is 0. The lowest BCUT2D eigenvalue weighted by Gasteiger charge is -2.26. The first-order valence-corrected chi connectivity index (χ1v) is 6.95. The average molecular weight is 279 g/mol. The number of aldehydes is 1. The minimum absolute atomic E-state index is 0.164. The molecule has 1 unspecified atom stereocenters. The number of hydrogen-bond donors (Lipinski definition) is 1. The molecule has 0 fully saturated rings. The van der Waals surface area contributed by atoms with Gasteiger partial charge in [-0.2, -0.15) is 0 Å². The molecule has 0 saturated heterocycles. The highest BCUT2D eigenvalue weighted by Gasteiger charge is 2.20. The van der Waals surface area contributed by atoms with Gasteiger partial charge in [0.2, 0.25) is 0 Å². The highest BCUT2D eigenvalue weighted by atomic mass is 16.5. The molecule has 0 saturated carbocycles. The maximum absolute atomic E-state index is 11.1. The minimum atomic E-state index is 0.164. The van der Waals surface area contributed by atoms with E-state index in [1.54, 1.807) is 13.3 Å². The number of fused-ring (bicyclic) bond motifs is 1. The van der Waals surface area contributed by atoms with Crippen molar-refractivity contribution in [1.29, 1.82) is 0 Å². The fraction of sp³-hybridized carbons (Fsp3) is 0.167. The third-order valence-corrected chi connectivity index (χ3v) is 3.79. The molecule has 0 bridgehead atoms. The number of hydrogen-bond acceptors (Lipinski definition) is 3. The van der Waals surface area contributed by atoms with Crippen molar-refractivity contribution in [3.63, 3.8) is 0 Å². The van der Waals surface area contributed by atoms with Gasteiger partial charge in [-0.25, -0.2) is 0 Å². The Kier molecular flexibility index (Phi) is 3.73. The fourth-order valence-electron chi connectivity index (χ4n) is 2.72. The molecule has 0 spiro atoms. The SMILES string of the molecule is COc1cccc(CC2NC=C(C=O)c3ccccc32)c1. The van der Waals surface area contributed by atoms with Crippen LogP contribution in [0.2, 0.25) is 0 Å². The number of nitrogens with one attached hydrogen (secondary N) is 1. The van der Waals surface area contributed by atoms with E-state index in [9.17, 15) is 4.79 Å². The second-order valence-corrected chi connectivity index (χ2v) is 5.08. The maximum Gasteiger partial charge on any atom is 0.152 e. The van der Waals surface area contributed by atoms with Gasteiger partial charge in [-0.1, -0.05) is 36.4 Å². The number of allylic oxidation sites excluding steroid dienone is 1. The second-order valence-electron chi connectivity index (χ2n) is 5.08. The van der Waals surface area contributed by atoms with Gasteiger partial charge < -0.3 is 10.1 Å². The molecule has 1 aliphatic rings. The Labute approximate surface area is 124 Å². The standard InChI is InChI=1S/C18H17NO2/c1-21-15-6-4-5-13(9-15)10-18-17-8-3-2-7-16(17)14(12-20)11-19-18/h2-9,11-12,18-19H,10H2,1H3. The Morgan fingerprint density at radius 3 is 2.86 bits per heavy atom. The maximum atomic E-state index is 11.1. The van der Waals surface area contributed by atoms with Crippen LogP contribution in [0.5, 0.6) is 5.75 Å². The largest absolute Gasteiger partial charge is 0.497 e. The zero-order chi connectivity index (χ0) is 14.7. The molecule has 1 heterocycles. The van der Waals surface area contributed by atoms with Crippen LogP contribution in [0.1, 0.15) is 22.7 Å². The molecule has 1 atom stereocenters. The molecule has 2 aromatic carbocycles. The van der Waals surface area contributed by atoms with E-state index in [0.29, 0.717) is 5.57 Å². The summed E-state index contributed by atoms with van der Waals surface area (Å²) in [5, 5.41) is 3.33. The van der Waals surface area contributed by atoms with Gasteiger partial charge in [0.1, 0.15) is 5.75 Å². The van der Waals surface area contributed by atoms with Crippen LogP contribution in [-0.4, -0.2) is 13.4 Å². The molecule has 0 amide bonds. The van der Waals surface area contributed by atoms with Crippen LogP contribution in [0.3, 0.4) is 0 Å². The van der Waals surface area contributed by atoms with Gasteiger partial charge in [-0.05, 0) is 35.2 Å². The molecule has 0 aliphatic carbocycles. The number of methoxy groups -OCH3 is 1. The minimum Gasteiger partial charge on any atom is -0.497 e. The van der Waals surface area contributed by atoms with Gasteiger partial charge in [0, 0.05) is 11.8 Å². The lowest BCUT2D eigenvalue weighted by Crippen LogP contribution is -2.23. The Morgan fingerprint density at radius 2 is 2.05 bits per heavy atom. The molecule has 0 aromatic heterocycles. The molecule has 1 aliphatic heterocycles. The molecule has 2 aromatic rings. The van der Waals surface area contributed by atoms with Crippen molar-refractivity contribution in [2.75, 3.05) is 7.11 Å². The number of rotatable bonds is 4. The lowest BCUT2D eigenvalue weighted by molar-refractivity contribution is -0.103. The van der Waals surface area contributed by atoms with E-state index in [-0.39, 0.29) is 6.04 Å². The highest BCUT2D eigenvalue weighted by Crippen LogP contribution is 2.30. The quantitative estimate of drug-likeness (QED) is 0.874. The van der Waals surface area contributed by atoms with Gasteiger partial charge in [-0.3, -0.25) is 4.79 Å². The molecule has 3 nitrogen and oxygen atoms in total. The highest BCUT2D eigenvalue weighted by molar-refractivity contribution is 6.07. The zero-order valence-corrected chi connectivity index (χ0v) is 11.9. The van der Waals surface area contributed by atoms with Crippen LogP contribution in [0.15, 0.2) is 54.7 Å². The first-order valence-electron chi connectivity index (χ1n) is 6.95. The third-order valence-electron chi connectivity index (χ3n) is 3.79. The van der Waals surface area contributed by atoms with E-state index in [1.165, 1.54) is 5.56 Å². The number of carbonyl (C=O) groups excluding carboxylic acids is 1. The van der Waals surface area contributed by atoms with Crippen LogP contribution >= 0.6 is 0 Å². The Bertz CT molecular complexity index is 691. The summed E-state index contributed by atoms with van der Waals surface area (Å²) in [6.07, 6.45) is 3.55. The summed E-state index contributed by atoms with van der Waals surface area (Å²) in [5.41, 5.74) is 4.07. The van der Waals surface area contributed by atoms with Crippen molar-refractivity contribution >= 4 is 11.9 Å². The van der Waals surface area contributed by atoms with Crippen LogP contribution in [0, 0.1) is 0 Å². The van der Waals surface area contributed by atoms with Gasteiger partial charge in [0.25, 0.3) is 0 Å². The summed E-state index contributed by atoms with van der Waals surface area (Å²) in [5.74, 6) is 0.862. The molecule has 106 valence electrons. The van der Waals surface area contributed by atoms with E-state index < -0.39 is 0 Å². The molecule has 3 rings (SSSR count). The summed E-state index contributed by atoms with van der Waals surface area (Å²) in [6, 6.07) is 16.3. The monoisotopic (exact) mass is 279 g/mol. The topological polar surface area (TPSA) is 38.3 Å². The Hall–Kier alpha value is -2.55. The summed E-state index contributed by atoms with van der Waals surface area (Å²) in [7, 11) is 1.67. The van der Waals surface area contributed by atoms with Crippen LogP contribution in [-0.2, 0) is 11.2 Å². The Morgan fingerprint density at radius 1 is 1.19 bits per heavy atom. The number of ether oxygens (including phenoxy) is 1. The molecule has 3 heteroatoms. The van der Waals surface area contributed by atoms with Crippen molar-refractivity contribution in [1.82, 2.24) is 5.32 Å². The van der Waals surface area contributed by atoms with Crippen LogP contribution in [0.4, 0.5) is 0 Å². The van der Waals surface area contributed by atoms with Crippen LogP contribution < -0.4 is 10.1 Å². The first kappa shape index (κ1) is 13.4. The molecule has 1 N–H and O–H groups in total. The van der Waals surface area contributed by atoms with Crippen molar-refractivity contribution in [2.45, 2.75) is 12.5 Å². The summed E-state index contributed by atoms with van der Waals surface area (Å²) in [4.78, 5) is 11.1. The number of carbonyl (C=O) groups is 1. The van der Waals surface area contributed by atoms with E-state index in [4.69, 9.17) is 4.74 Å². The molecule has 21 heavy (non-hydrogen) atoms.